The Hall–Kier alpha value is 1.03. The van der Waals surface area contributed by atoms with Crippen molar-refractivity contribution < 1.29 is 35.7 Å². The van der Waals surface area contributed by atoms with Crippen LogP contribution in [0.25, 0.3) is 0 Å². The van der Waals surface area contributed by atoms with Crippen molar-refractivity contribution in [2.75, 3.05) is 0 Å². The Morgan fingerprint density at radius 2 is 1.50 bits per heavy atom. The molecular weight excluding hydrogens is 309 g/mol. The normalized spacial score (nSPS) is 9.67. The van der Waals surface area contributed by atoms with E-state index in [0.29, 0.717) is 0 Å². The molecule has 0 N–H and O–H groups in total. The molecular formula is AuO3S2-2. The predicted molar refractivity (Wildman–Crippen MR) is 17.1 cm³/mol. The maximum absolute atomic E-state index is 8.89. The van der Waals surface area contributed by atoms with Gasteiger partial charge in [0.15, 0.2) is 0 Å². The molecule has 1 radical (unpaired) electrons. The fraction of sp³-hybridized carbons (Fsp3) is 0. The van der Waals surface area contributed by atoms with Crippen LogP contribution in [0.2, 0.25) is 0 Å². The van der Waals surface area contributed by atoms with Crippen LogP contribution in [0.4, 0.5) is 0 Å². The zero-order valence-corrected chi connectivity index (χ0v) is 6.14. The molecule has 0 atom stereocenters. The van der Waals surface area contributed by atoms with E-state index in [4.69, 9.17) is 13.3 Å². The van der Waals surface area contributed by atoms with Crippen molar-refractivity contribution in [3.05, 3.63) is 0 Å². The molecule has 0 fully saturated rings. The monoisotopic (exact) mass is 309 g/mol. The van der Waals surface area contributed by atoms with E-state index in [0.717, 1.165) is 0 Å². The van der Waals surface area contributed by atoms with Gasteiger partial charge in [0.25, 0.3) is 0 Å². The van der Waals surface area contributed by atoms with Gasteiger partial charge in [0.2, 0.25) is 0 Å². The molecule has 6 heavy (non-hydrogen) atoms. The molecule has 0 unspecified atom stereocenters. The Kier molecular flexibility index (Phi) is 5.20. The van der Waals surface area contributed by atoms with E-state index < -0.39 is 9.05 Å². The van der Waals surface area contributed by atoms with Gasteiger partial charge in [-0.25, -0.2) is 0 Å². The summed E-state index contributed by atoms with van der Waals surface area (Å²) in [4.78, 5) is 0. The Morgan fingerprint density at radius 1 is 1.50 bits per heavy atom. The molecule has 43 valence electrons. The van der Waals surface area contributed by atoms with Crippen LogP contribution >= 0.6 is 0 Å². The van der Waals surface area contributed by atoms with Crippen LogP contribution in [0, 0.1) is 0 Å². The number of hydrogen-bond donors (Lipinski definition) is 0. The van der Waals surface area contributed by atoms with Crippen LogP contribution in [0.3, 0.4) is 0 Å². The van der Waals surface area contributed by atoms with E-state index in [1.807, 2.05) is 0 Å². The second kappa shape index (κ2) is 3.09. The minimum Gasteiger partial charge on any atom is -0.780 e. The number of rotatable bonds is 0. The van der Waals surface area contributed by atoms with E-state index in [2.05, 4.69) is 11.2 Å². The van der Waals surface area contributed by atoms with Crippen molar-refractivity contribution in [3.8, 4) is 0 Å². The molecule has 0 bridgehead atoms. The van der Waals surface area contributed by atoms with Gasteiger partial charge in [-0.15, -0.1) is 9.05 Å². The molecule has 0 aliphatic carbocycles. The van der Waals surface area contributed by atoms with Crippen molar-refractivity contribution in [1.82, 2.24) is 0 Å². The van der Waals surface area contributed by atoms with Crippen molar-refractivity contribution in [1.29, 1.82) is 0 Å². The fourth-order valence-electron chi connectivity index (χ4n) is 0. The summed E-state index contributed by atoms with van der Waals surface area (Å²) in [6, 6.07) is 0. The summed E-state index contributed by atoms with van der Waals surface area (Å²) in [5, 5.41) is 0. The molecule has 0 saturated carbocycles. The molecule has 6 heteroatoms. The zero-order chi connectivity index (χ0) is 4.50. The van der Waals surface area contributed by atoms with Crippen LogP contribution in [0.5, 0.6) is 0 Å². The van der Waals surface area contributed by atoms with Gasteiger partial charge in [0.1, 0.15) is 0 Å². The Morgan fingerprint density at radius 3 is 1.50 bits per heavy atom. The minimum atomic E-state index is -4.33. The van der Waals surface area contributed by atoms with Crippen LogP contribution < -0.4 is 0 Å². The SMILES string of the molecule is O=S([O-])([O-])=S.[Au]. The third kappa shape index (κ3) is 77.0. The predicted octanol–water partition coefficient (Wildman–Crippen LogP) is -1.01. The third-order valence-electron chi connectivity index (χ3n) is 0. The molecule has 0 amide bonds. The van der Waals surface area contributed by atoms with Gasteiger partial charge in [-0.3, -0.25) is 4.21 Å². The Bertz CT molecular complexity index is 92.0. The first-order chi connectivity index (χ1) is 2.00. The first kappa shape index (κ1) is 10.1. The molecule has 0 aliphatic heterocycles. The third-order valence-corrected chi connectivity index (χ3v) is 0. The Labute approximate surface area is 56.0 Å². The van der Waals surface area contributed by atoms with E-state index in [9.17, 15) is 0 Å². The van der Waals surface area contributed by atoms with Crippen molar-refractivity contribution in [2.24, 2.45) is 0 Å². The van der Waals surface area contributed by atoms with Crippen LogP contribution in [-0.2, 0) is 42.6 Å². The summed E-state index contributed by atoms with van der Waals surface area (Å²) < 4.78 is 26.7. The molecule has 0 saturated heterocycles. The summed E-state index contributed by atoms with van der Waals surface area (Å²) in [5.74, 6) is 0. The number of hydrogen-bond acceptors (Lipinski definition) is 4. The smallest absolute Gasteiger partial charge is 0 e. The molecule has 0 spiro atoms. The van der Waals surface area contributed by atoms with Crippen molar-refractivity contribution in [2.45, 2.75) is 0 Å². The van der Waals surface area contributed by atoms with Crippen LogP contribution in [0.1, 0.15) is 0 Å². The van der Waals surface area contributed by atoms with Gasteiger partial charge in [0, 0.05) is 22.4 Å². The maximum atomic E-state index is 8.89. The molecule has 0 aromatic carbocycles. The summed E-state index contributed by atoms with van der Waals surface area (Å²) >= 11 is 3.24. The van der Waals surface area contributed by atoms with Crippen molar-refractivity contribution in [3.63, 3.8) is 0 Å². The zero-order valence-electron chi connectivity index (χ0n) is 2.34. The second-order valence-corrected chi connectivity index (χ2v) is 2.45. The van der Waals surface area contributed by atoms with Crippen molar-refractivity contribution >= 4 is 20.2 Å². The van der Waals surface area contributed by atoms with Gasteiger partial charge in [-0.1, -0.05) is 0 Å². The summed E-state index contributed by atoms with van der Waals surface area (Å²) in [6.45, 7) is 0. The van der Waals surface area contributed by atoms with Gasteiger partial charge in [-0.05, 0) is 11.2 Å². The minimum absolute atomic E-state index is 0. The van der Waals surface area contributed by atoms with E-state index in [1.165, 1.54) is 0 Å². The summed E-state index contributed by atoms with van der Waals surface area (Å²) in [7, 11) is -4.33. The van der Waals surface area contributed by atoms with Gasteiger partial charge in [0.05, 0.1) is 0 Å². The quantitative estimate of drug-likeness (QED) is 0.538. The van der Waals surface area contributed by atoms with Crippen LogP contribution in [-0.4, -0.2) is 13.3 Å². The van der Waals surface area contributed by atoms with E-state index in [1.54, 1.807) is 0 Å². The molecule has 0 rings (SSSR count). The van der Waals surface area contributed by atoms with Crippen LogP contribution in [0.15, 0.2) is 0 Å². The molecule has 0 aromatic rings. The summed E-state index contributed by atoms with van der Waals surface area (Å²) in [6.07, 6.45) is 0. The maximum Gasteiger partial charge on any atom is 0 e. The van der Waals surface area contributed by atoms with E-state index in [-0.39, 0.29) is 22.4 Å². The standard InChI is InChI=1S/Au.H2O3S2/c;1-5(2,3)4/h;(H2,1,2,3,4)/p-2. The largest absolute Gasteiger partial charge is 0.780 e. The van der Waals surface area contributed by atoms with Gasteiger partial charge < -0.3 is 9.11 Å². The first-order valence-electron chi connectivity index (χ1n) is 0.667. The van der Waals surface area contributed by atoms with Gasteiger partial charge >= 0.3 is 0 Å². The second-order valence-electron chi connectivity index (χ2n) is 0.408. The molecule has 3 nitrogen and oxygen atoms in total. The Balaban J connectivity index is 0. The average molecular weight is 309 g/mol. The molecule has 0 heterocycles. The topological polar surface area (TPSA) is 63.2 Å². The first-order valence-corrected chi connectivity index (χ1v) is 3.00. The van der Waals surface area contributed by atoms with E-state index >= 15 is 0 Å². The summed E-state index contributed by atoms with van der Waals surface area (Å²) in [5.41, 5.74) is 0. The average Bonchev–Trinajstić information content (AvgIpc) is 0.722. The fourth-order valence-corrected chi connectivity index (χ4v) is 0. The molecule has 0 aliphatic rings. The molecule has 0 aromatic heterocycles. The van der Waals surface area contributed by atoms with Gasteiger partial charge in [-0.2, -0.15) is 0 Å².